The molecule has 0 fully saturated rings. The summed E-state index contributed by atoms with van der Waals surface area (Å²) in [4.78, 5) is 0. The summed E-state index contributed by atoms with van der Waals surface area (Å²) in [7, 11) is 0. The third kappa shape index (κ3) is 5.59. The van der Waals surface area contributed by atoms with Gasteiger partial charge in [-0.1, -0.05) is 17.7 Å². The van der Waals surface area contributed by atoms with Crippen LogP contribution in [-0.4, -0.2) is 11.9 Å². The lowest BCUT2D eigenvalue weighted by molar-refractivity contribution is 1.24. The Hall–Kier alpha value is -1.18. The van der Waals surface area contributed by atoms with Gasteiger partial charge in [-0.15, -0.1) is 0 Å². The van der Waals surface area contributed by atoms with E-state index in [4.69, 9.17) is 0 Å². The van der Waals surface area contributed by atoms with Gasteiger partial charge in [0.2, 0.25) is 0 Å². The van der Waals surface area contributed by atoms with Crippen LogP contribution in [0.25, 0.3) is 0 Å². The highest BCUT2D eigenvalue weighted by molar-refractivity contribution is 5.93. The standard InChI is InChI=1S/C10H16N2/c1-5-9(3)7-8-10(4)12-11-6-2/h5-8H,1-4H3/b8-7-,9-5-,11-6-,12-10+. The van der Waals surface area contributed by atoms with Gasteiger partial charge < -0.3 is 0 Å². The maximum Gasteiger partial charge on any atom is 0.0599 e. The molecule has 12 heavy (non-hydrogen) atoms. The Bertz CT molecular complexity index is 232. The summed E-state index contributed by atoms with van der Waals surface area (Å²) < 4.78 is 0. The zero-order valence-corrected chi connectivity index (χ0v) is 8.20. The zero-order valence-electron chi connectivity index (χ0n) is 8.20. The van der Waals surface area contributed by atoms with Gasteiger partial charge in [-0.25, -0.2) is 0 Å². The lowest BCUT2D eigenvalue weighted by Gasteiger charge is -1.88. The van der Waals surface area contributed by atoms with Gasteiger partial charge in [-0.2, -0.15) is 10.2 Å². The molecule has 0 aliphatic heterocycles. The van der Waals surface area contributed by atoms with Crippen molar-refractivity contribution in [1.82, 2.24) is 0 Å². The first-order valence-electron chi connectivity index (χ1n) is 4.04. The minimum absolute atomic E-state index is 0.911. The molecule has 0 N–H and O–H groups in total. The van der Waals surface area contributed by atoms with Crippen molar-refractivity contribution in [3.8, 4) is 0 Å². The Morgan fingerprint density at radius 1 is 1.08 bits per heavy atom. The topological polar surface area (TPSA) is 24.7 Å². The molecule has 0 aromatic carbocycles. The fourth-order valence-corrected chi connectivity index (χ4v) is 0.530. The zero-order chi connectivity index (χ0) is 9.40. The molecule has 0 radical (unpaired) electrons. The third-order valence-electron chi connectivity index (χ3n) is 1.37. The van der Waals surface area contributed by atoms with Crippen molar-refractivity contribution < 1.29 is 0 Å². The molecule has 0 atom stereocenters. The number of hydrogen-bond donors (Lipinski definition) is 0. The molecule has 0 amide bonds. The lowest BCUT2D eigenvalue weighted by Crippen LogP contribution is -1.82. The summed E-state index contributed by atoms with van der Waals surface area (Å²) in [6, 6.07) is 0. The quantitative estimate of drug-likeness (QED) is 0.348. The van der Waals surface area contributed by atoms with Gasteiger partial charge in [-0.05, 0) is 33.8 Å². The van der Waals surface area contributed by atoms with Gasteiger partial charge in [0.25, 0.3) is 0 Å². The second kappa shape index (κ2) is 6.53. The molecular weight excluding hydrogens is 148 g/mol. The second-order valence-corrected chi connectivity index (χ2v) is 2.48. The van der Waals surface area contributed by atoms with E-state index in [-0.39, 0.29) is 0 Å². The summed E-state index contributed by atoms with van der Waals surface area (Å²) in [5, 5.41) is 7.69. The monoisotopic (exact) mass is 164 g/mol. The molecule has 0 spiro atoms. The predicted octanol–water partition coefficient (Wildman–Crippen LogP) is 2.98. The van der Waals surface area contributed by atoms with Crippen LogP contribution < -0.4 is 0 Å². The molecule has 0 saturated heterocycles. The average molecular weight is 164 g/mol. The first-order chi connectivity index (χ1) is 5.70. The minimum Gasteiger partial charge on any atom is -0.164 e. The van der Waals surface area contributed by atoms with Crippen molar-refractivity contribution in [3.05, 3.63) is 23.8 Å². The predicted molar refractivity (Wildman–Crippen MR) is 55.8 cm³/mol. The lowest BCUT2D eigenvalue weighted by atomic mass is 10.2. The number of rotatable bonds is 3. The van der Waals surface area contributed by atoms with Crippen LogP contribution in [0, 0.1) is 0 Å². The molecule has 0 saturated carbocycles. The van der Waals surface area contributed by atoms with E-state index in [1.54, 1.807) is 6.21 Å². The van der Waals surface area contributed by atoms with Gasteiger partial charge in [0.15, 0.2) is 0 Å². The first kappa shape index (κ1) is 10.8. The summed E-state index contributed by atoms with van der Waals surface area (Å²) in [6.07, 6.45) is 7.68. The molecule has 66 valence electrons. The van der Waals surface area contributed by atoms with Gasteiger partial charge in [0.05, 0.1) is 5.71 Å². The maximum atomic E-state index is 3.92. The van der Waals surface area contributed by atoms with Crippen molar-refractivity contribution in [2.75, 3.05) is 0 Å². The van der Waals surface area contributed by atoms with Crippen LogP contribution in [0.3, 0.4) is 0 Å². The van der Waals surface area contributed by atoms with E-state index in [9.17, 15) is 0 Å². The van der Waals surface area contributed by atoms with Crippen LogP contribution in [0.5, 0.6) is 0 Å². The molecule has 2 heteroatoms. The Balaban J connectivity index is 4.16. The molecule has 0 rings (SSSR count). The summed E-state index contributed by atoms with van der Waals surface area (Å²) in [5.74, 6) is 0. The number of allylic oxidation sites excluding steroid dienone is 4. The number of nitrogens with zero attached hydrogens (tertiary/aromatic N) is 2. The van der Waals surface area contributed by atoms with Crippen LogP contribution in [0.15, 0.2) is 34.0 Å². The highest BCUT2D eigenvalue weighted by Gasteiger charge is 1.81. The Morgan fingerprint density at radius 3 is 2.25 bits per heavy atom. The van der Waals surface area contributed by atoms with E-state index < -0.39 is 0 Å². The smallest absolute Gasteiger partial charge is 0.0599 e. The average Bonchev–Trinajstić information content (AvgIpc) is 2.10. The third-order valence-corrected chi connectivity index (χ3v) is 1.37. The molecule has 0 aromatic rings. The highest BCUT2D eigenvalue weighted by atomic mass is 15.2. The van der Waals surface area contributed by atoms with Crippen LogP contribution in [0.4, 0.5) is 0 Å². The van der Waals surface area contributed by atoms with E-state index in [0.717, 1.165) is 5.71 Å². The Labute approximate surface area is 74.4 Å². The van der Waals surface area contributed by atoms with Crippen molar-refractivity contribution in [1.29, 1.82) is 0 Å². The van der Waals surface area contributed by atoms with Crippen LogP contribution in [-0.2, 0) is 0 Å². The van der Waals surface area contributed by atoms with Crippen molar-refractivity contribution in [3.63, 3.8) is 0 Å². The van der Waals surface area contributed by atoms with Gasteiger partial charge in [-0.3, -0.25) is 0 Å². The Kier molecular flexibility index (Phi) is 5.88. The van der Waals surface area contributed by atoms with Crippen LogP contribution >= 0.6 is 0 Å². The van der Waals surface area contributed by atoms with Gasteiger partial charge in [0.1, 0.15) is 0 Å². The molecule has 0 unspecified atom stereocenters. The minimum atomic E-state index is 0.911. The highest BCUT2D eigenvalue weighted by Crippen LogP contribution is 1.94. The van der Waals surface area contributed by atoms with Crippen molar-refractivity contribution in [2.45, 2.75) is 27.7 Å². The maximum absolute atomic E-state index is 3.92. The van der Waals surface area contributed by atoms with Crippen molar-refractivity contribution >= 4 is 11.9 Å². The van der Waals surface area contributed by atoms with Crippen LogP contribution in [0.1, 0.15) is 27.7 Å². The fraction of sp³-hybridized carbons (Fsp3) is 0.400. The summed E-state index contributed by atoms with van der Waals surface area (Å²) in [5.41, 5.74) is 2.14. The molecule has 0 bridgehead atoms. The van der Waals surface area contributed by atoms with Gasteiger partial charge in [0, 0.05) is 6.21 Å². The molecular formula is C10H16N2. The number of hydrogen-bond acceptors (Lipinski definition) is 2. The second-order valence-electron chi connectivity index (χ2n) is 2.48. The SMILES string of the molecule is C\C=N/N=C(C)/C=C\C(C)=C/C. The van der Waals surface area contributed by atoms with E-state index in [2.05, 4.69) is 10.2 Å². The normalized spacial score (nSPS) is 15.0. The van der Waals surface area contributed by atoms with E-state index in [1.165, 1.54) is 5.57 Å². The molecule has 2 nitrogen and oxygen atoms in total. The first-order valence-corrected chi connectivity index (χ1v) is 4.04. The van der Waals surface area contributed by atoms with E-state index >= 15 is 0 Å². The van der Waals surface area contributed by atoms with E-state index in [1.807, 2.05) is 45.9 Å². The Morgan fingerprint density at radius 2 is 1.75 bits per heavy atom. The van der Waals surface area contributed by atoms with Gasteiger partial charge >= 0.3 is 0 Å². The molecule has 0 aromatic heterocycles. The van der Waals surface area contributed by atoms with Crippen LogP contribution in [0.2, 0.25) is 0 Å². The molecule has 0 aliphatic carbocycles. The summed E-state index contributed by atoms with van der Waals surface area (Å²) in [6.45, 7) is 7.83. The summed E-state index contributed by atoms with van der Waals surface area (Å²) >= 11 is 0. The van der Waals surface area contributed by atoms with Crippen molar-refractivity contribution in [2.24, 2.45) is 10.2 Å². The van der Waals surface area contributed by atoms with E-state index in [0.29, 0.717) is 0 Å². The molecule has 0 heterocycles. The molecule has 0 aliphatic rings. The fourth-order valence-electron chi connectivity index (χ4n) is 0.530. The largest absolute Gasteiger partial charge is 0.164 e.